The summed E-state index contributed by atoms with van der Waals surface area (Å²) >= 11 is 0. The number of hydrogen-bond acceptors (Lipinski definition) is 3. The second-order valence-electron chi connectivity index (χ2n) is 5.49. The lowest BCUT2D eigenvalue weighted by atomic mass is 9.91. The van der Waals surface area contributed by atoms with Gasteiger partial charge in [-0.25, -0.2) is 0 Å². The molecule has 4 heteroatoms. The first-order valence-corrected chi connectivity index (χ1v) is 7.39. The zero-order valence-corrected chi connectivity index (χ0v) is 11.7. The summed E-state index contributed by atoms with van der Waals surface area (Å²) in [5.41, 5.74) is 1.22. The molecule has 1 aliphatic rings. The van der Waals surface area contributed by atoms with Crippen molar-refractivity contribution in [1.82, 2.24) is 20.3 Å². The van der Waals surface area contributed by atoms with Gasteiger partial charge in [-0.05, 0) is 18.9 Å². The second kappa shape index (κ2) is 6.88. The molecule has 1 aromatic rings. The highest BCUT2D eigenvalue weighted by molar-refractivity contribution is 5.02. The zero-order valence-electron chi connectivity index (χ0n) is 11.7. The van der Waals surface area contributed by atoms with Gasteiger partial charge in [-0.3, -0.25) is 4.68 Å². The van der Waals surface area contributed by atoms with Gasteiger partial charge >= 0.3 is 0 Å². The Balaban J connectivity index is 1.99. The van der Waals surface area contributed by atoms with E-state index in [2.05, 4.69) is 22.6 Å². The van der Waals surface area contributed by atoms with Crippen LogP contribution in [-0.4, -0.2) is 21.5 Å². The molecule has 0 amide bonds. The molecule has 0 aromatic carbocycles. The topological polar surface area (TPSA) is 42.7 Å². The van der Waals surface area contributed by atoms with Gasteiger partial charge in [0.05, 0.1) is 17.9 Å². The molecular weight excluding hydrogens is 224 g/mol. The van der Waals surface area contributed by atoms with Gasteiger partial charge in [0.1, 0.15) is 0 Å². The van der Waals surface area contributed by atoms with E-state index >= 15 is 0 Å². The summed E-state index contributed by atoms with van der Waals surface area (Å²) in [5, 5.41) is 11.7. The van der Waals surface area contributed by atoms with Crippen molar-refractivity contribution in [2.75, 3.05) is 6.54 Å². The van der Waals surface area contributed by atoms with Crippen LogP contribution in [0, 0.1) is 5.92 Å². The standard InChI is InChI=1S/C14H26N4/c1-3-15-13(14-11-16-17-18(14)2)10-12-8-6-4-5-7-9-12/h11-13,15H,3-10H2,1-2H3. The Morgan fingerprint density at radius 1 is 1.33 bits per heavy atom. The van der Waals surface area contributed by atoms with Gasteiger partial charge in [0.25, 0.3) is 0 Å². The molecule has 0 saturated heterocycles. The highest BCUT2D eigenvalue weighted by Crippen LogP contribution is 2.30. The van der Waals surface area contributed by atoms with E-state index in [9.17, 15) is 0 Å². The molecular formula is C14H26N4. The third-order valence-electron chi connectivity index (χ3n) is 4.10. The van der Waals surface area contributed by atoms with Gasteiger partial charge in [0, 0.05) is 7.05 Å². The van der Waals surface area contributed by atoms with Crippen LogP contribution in [0.4, 0.5) is 0 Å². The fraction of sp³-hybridized carbons (Fsp3) is 0.857. The van der Waals surface area contributed by atoms with Gasteiger partial charge in [-0.2, -0.15) is 0 Å². The van der Waals surface area contributed by atoms with Crippen molar-refractivity contribution in [3.05, 3.63) is 11.9 Å². The number of aryl methyl sites for hydroxylation is 1. The average Bonchev–Trinajstić information content (AvgIpc) is 2.63. The van der Waals surface area contributed by atoms with E-state index in [1.165, 1.54) is 50.6 Å². The van der Waals surface area contributed by atoms with E-state index in [0.29, 0.717) is 6.04 Å². The van der Waals surface area contributed by atoms with Crippen molar-refractivity contribution >= 4 is 0 Å². The number of nitrogens with zero attached hydrogens (tertiary/aromatic N) is 3. The first kappa shape index (κ1) is 13.5. The molecule has 0 bridgehead atoms. The minimum Gasteiger partial charge on any atom is -0.309 e. The summed E-state index contributed by atoms with van der Waals surface area (Å²) in [7, 11) is 1.99. The van der Waals surface area contributed by atoms with Crippen LogP contribution in [0.25, 0.3) is 0 Å². The molecule has 1 atom stereocenters. The zero-order chi connectivity index (χ0) is 12.8. The smallest absolute Gasteiger partial charge is 0.0753 e. The van der Waals surface area contributed by atoms with Crippen LogP contribution in [0.5, 0.6) is 0 Å². The number of hydrogen-bond donors (Lipinski definition) is 1. The van der Waals surface area contributed by atoms with Crippen molar-refractivity contribution in [2.45, 2.75) is 57.9 Å². The second-order valence-corrected chi connectivity index (χ2v) is 5.49. The SMILES string of the molecule is CCNC(CC1CCCCCC1)c1cnnn1C. The van der Waals surface area contributed by atoms with E-state index in [1.807, 2.05) is 17.9 Å². The third kappa shape index (κ3) is 3.55. The van der Waals surface area contributed by atoms with Gasteiger partial charge in [0.15, 0.2) is 0 Å². The average molecular weight is 250 g/mol. The Hall–Kier alpha value is -0.900. The van der Waals surface area contributed by atoms with Crippen molar-refractivity contribution in [3.63, 3.8) is 0 Å². The van der Waals surface area contributed by atoms with Crippen LogP contribution in [0.15, 0.2) is 6.20 Å². The maximum atomic E-state index is 4.06. The predicted molar refractivity (Wildman–Crippen MR) is 73.2 cm³/mol. The van der Waals surface area contributed by atoms with Crippen molar-refractivity contribution < 1.29 is 0 Å². The molecule has 1 aliphatic carbocycles. The van der Waals surface area contributed by atoms with Crippen molar-refractivity contribution in [1.29, 1.82) is 0 Å². The lowest BCUT2D eigenvalue weighted by Crippen LogP contribution is -2.25. The van der Waals surface area contributed by atoms with Crippen molar-refractivity contribution in [2.24, 2.45) is 13.0 Å². The first-order valence-electron chi connectivity index (χ1n) is 7.39. The van der Waals surface area contributed by atoms with Crippen molar-refractivity contribution in [3.8, 4) is 0 Å². The fourth-order valence-corrected chi connectivity index (χ4v) is 3.10. The Labute approximate surface area is 110 Å². The van der Waals surface area contributed by atoms with E-state index in [0.717, 1.165) is 12.5 Å². The van der Waals surface area contributed by atoms with Crippen LogP contribution in [0.2, 0.25) is 0 Å². The van der Waals surface area contributed by atoms with E-state index < -0.39 is 0 Å². The summed E-state index contributed by atoms with van der Waals surface area (Å²) in [4.78, 5) is 0. The van der Waals surface area contributed by atoms with Crippen LogP contribution < -0.4 is 5.32 Å². The quantitative estimate of drug-likeness (QED) is 0.817. The Kier molecular flexibility index (Phi) is 5.17. The molecule has 0 aliphatic heterocycles. The number of rotatable bonds is 5. The maximum absolute atomic E-state index is 4.06. The van der Waals surface area contributed by atoms with Crippen LogP contribution in [0.3, 0.4) is 0 Å². The van der Waals surface area contributed by atoms with Gasteiger partial charge in [-0.15, -0.1) is 5.10 Å². The number of nitrogens with one attached hydrogen (secondary N) is 1. The van der Waals surface area contributed by atoms with Gasteiger partial charge < -0.3 is 5.32 Å². The largest absolute Gasteiger partial charge is 0.309 e. The molecule has 102 valence electrons. The van der Waals surface area contributed by atoms with Gasteiger partial charge in [-0.1, -0.05) is 50.7 Å². The molecule has 1 aromatic heterocycles. The van der Waals surface area contributed by atoms with Crippen LogP contribution in [-0.2, 0) is 7.05 Å². The van der Waals surface area contributed by atoms with E-state index in [-0.39, 0.29) is 0 Å². The molecule has 1 saturated carbocycles. The lowest BCUT2D eigenvalue weighted by molar-refractivity contribution is 0.349. The summed E-state index contributed by atoms with van der Waals surface area (Å²) < 4.78 is 1.91. The molecule has 1 heterocycles. The Bertz CT molecular complexity index is 339. The summed E-state index contributed by atoms with van der Waals surface area (Å²) in [5.74, 6) is 0.867. The molecule has 2 rings (SSSR count). The monoisotopic (exact) mass is 250 g/mol. The predicted octanol–water partition coefficient (Wildman–Crippen LogP) is 2.83. The molecule has 4 nitrogen and oxygen atoms in total. The molecule has 18 heavy (non-hydrogen) atoms. The summed E-state index contributed by atoms with van der Waals surface area (Å²) in [6.45, 7) is 3.17. The van der Waals surface area contributed by atoms with E-state index in [1.54, 1.807) is 0 Å². The van der Waals surface area contributed by atoms with Gasteiger partial charge in [0.2, 0.25) is 0 Å². The van der Waals surface area contributed by atoms with E-state index in [4.69, 9.17) is 0 Å². The molecule has 0 spiro atoms. The minimum absolute atomic E-state index is 0.415. The first-order chi connectivity index (χ1) is 8.81. The highest BCUT2D eigenvalue weighted by Gasteiger charge is 2.21. The van der Waals surface area contributed by atoms with Crippen LogP contribution in [0.1, 0.15) is 63.6 Å². The fourth-order valence-electron chi connectivity index (χ4n) is 3.10. The van der Waals surface area contributed by atoms with Crippen LogP contribution >= 0.6 is 0 Å². The normalized spacial score (nSPS) is 19.7. The molecule has 1 N–H and O–H groups in total. The summed E-state index contributed by atoms with van der Waals surface area (Å²) in [6.07, 6.45) is 11.6. The summed E-state index contributed by atoms with van der Waals surface area (Å²) in [6, 6.07) is 0.415. The molecule has 1 unspecified atom stereocenters. The number of aromatic nitrogens is 3. The minimum atomic E-state index is 0.415. The molecule has 0 radical (unpaired) electrons. The maximum Gasteiger partial charge on any atom is 0.0753 e. The Morgan fingerprint density at radius 3 is 2.61 bits per heavy atom. The molecule has 1 fully saturated rings. The highest BCUT2D eigenvalue weighted by atomic mass is 15.4. The lowest BCUT2D eigenvalue weighted by Gasteiger charge is -2.23. The Morgan fingerprint density at radius 2 is 2.06 bits per heavy atom. The third-order valence-corrected chi connectivity index (χ3v) is 4.10.